The lowest BCUT2D eigenvalue weighted by molar-refractivity contribution is -0.120. The summed E-state index contributed by atoms with van der Waals surface area (Å²) >= 11 is 0. The first kappa shape index (κ1) is 15.4. The molecule has 3 N–H and O–H groups in total. The molecule has 0 aliphatic carbocycles. The summed E-state index contributed by atoms with van der Waals surface area (Å²) in [7, 11) is 0. The monoisotopic (exact) mass is 230 g/mol. The van der Waals surface area contributed by atoms with Crippen molar-refractivity contribution in [1.29, 1.82) is 0 Å². The van der Waals surface area contributed by atoms with Crippen molar-refractivity contribution >= 4 is 5.91 Å². The molecule has 0 aromatic rings. The summed E-state index contributed by atoms with van der Waals surface area (Å²) in [5.74, 6) is 0.00278. The molecule has 0 atom stereocenters. The molecule has 1 amide bonds. The highest BCUT2D eigenvalue weighted by atomic mass is 16.3. The fourth-order valence-electron chi connectivity index (χ4n) is 1.38. The summed E-state index contributed by atoms with van der Waals surface area (Å²) in [6.07, 6.45) is 3.50. The zero-order valence-corrected chi connectivity index (χ0v) is 10.8. The molecule has 4 nitrogen and oxygen atoms in total. The van der Waals surface area contributed by atoms with Gasteiger partial charge in [0, 0.05) is 13.1 Å². The number of hydrogen-bond donors (Lipinski definition) is 3. The number of nitrogens with one attached hydrogen (secondary N) is 2. The molecule has 0 aliphatic heterocycles. The average molecular weight is 230 g/mol. The highest BCUT2D eigenvalue weighted by Crippen LogP contribution is 2.12. The first-order valence-corrected chi connectivity index (χ1v) is 6.27. The summed E-state index contributed by atoms with van der Waals surface area (Å²) in [5.41, 5.74) is -0.677. The molecule has 0 bridgehead atoms. The number of unbranched alkanes of at least 4 members (excludes halogenated alkanes) is 1. The van der Waals surface area contributed by atoms with Crippen molar-refractivity contribution in [3.8, 4) is 0 Å². The van der Waals surface area contributed by atoms with Crippen LogP contribution in [0.25, 0.3) is 0 Å². The zero-order valence-electron chi connectivity index (χ0n) is 10.8. The van der Waals surface area contributed by atoms with Crippen molar-refractivity contribution in [2.45, 2.75) is 52.1 Å². The minimum atomic E-state index is -0.677. The average Bonchev–Trinajstić information content (AvgIpc) is 2.29. The Morgan fingerprint density at radius 1 is 1.25 bits per heavy atom. The molecule has 0 rings (SSSR count). The van der Waals surface area contributed by atoms with E-state index in [1.54, 1.807) is 0 Å². The number of carbonyl (C=O) groups excluding carboxylic acids is 1. The molecule has 0 heterocycles. The minimum Gasteiger partial charge on any atom is -0.389 e. The van der Waals surface area contributed by atoms with Crippen LogP contribution in [0.4, 0.5) is 0 Å². The molecular formula is C12H26N2O2. The van der Waals surface area contributed by atoms with E-state index in [4.69, 9.17) is 0 Å². The number of amides is 1. The van der Waals surface area contributed by atoms with Gasteiger partial charge in [0.1, 0.15) is 0 Å². The molecule has 0 aromatic carbocycles. The van der Waals surface area contributed by atoms with E-state index in [1.807, 2.05) is 13.8 Å². The first-order valence-electron chi connectivity index (χ1n) is 6.27. The van der Waals surface area contributed by atoms with Gasteiger partial charge in [-0.15, -0.1) is 0 Å². The Morgan fingerprint density at radius 3 is 2.38 bits per heavy atom. The van der Waals surface area contributed by atoms with Gasteiger partial charge in [-0.05, 0) is 19.3 Å². The van der Waals surface area contributed by atoms with E-state index in [-0.39, 0.29) is 12.5 Å². The lowest BCUT2D eigenvalue weighted by atomic mass is 9.98. The van der Waals surface area contributed by atoms with Crippen molar-refractivity contribution in [2.75, 3.05) is 19.6 Å². The van der Waals surface area contributed by atoms with E-state index < -0.39 is 5.60 Å². The van der Waals surface area contributed by atoms with E-state index in [2.05, 4.69) is 17.6 Å². The number of hydrogen-bond acceptors (Lipinski definition) is 3. The maximum absolute atomic E-state index is 11.3. The highest BCUT2D eigenvalue weighted by Gasteiger charge is 2.21. The third kappa shape index (κ3) is 6.80. The Bertz CT molecular complexity index is 191. The number of aliphatic hydroxyl groups is 1. The van der Waals surface area contributed by atoms with Crippen LogP contribution in [-0.2, 0) is 4.79 Å². The van der Waals surface area contributed by atoms with E-state index in [0.717, 1.165) is 19.4 Å². The van der Waals surface area contributed by atoms with Gasteiger partial charge in [0.2, 0.25) is 5.91 Å². The normalized spacial score (nSPS) is 11.5. The molecule has 0 aromatic heterocycles. The fourth-order valence-corrected chi connectivity index (χ4v) is 1.38. The highest BCUT2D eigenvalue weighted by molar-refractivity contribution is 5.77. The van der Waals surface area contributed by atoms with Crippen LogP contribution in [0.5, 0.6) is 0 Å². The molecule has 0 aliphatic rings. The van der Waals surface area contributed by atoms with Gasteiger partial charge in [0.05, 0.1) is 12.1 Å². The summed E-state index contributed by atoms with van der Waals surface area (Å²) in [6.45, 7) is 7.49. The van der Waals surface area contributed by atoms with Crippen LogP contribution < -0.4 is 10.6 Å². The Morgan fingerprint density at radius 2 is 1.88 bits per heavy atom. The first-order chi connectivity index (χ1) is 7.58. The smallest absolute Gasteiger partial charge is 0.233 e. The van der Waals surface area contributed by atoms with Crippen LogP contribution in [0.2, 0.25) is 0 Å². The van der Waals surface area contributed by atoms with Gasteiger partial charge in [-0.3, -0.25) is 4.79 Å². The Hall–Kier alpha value is -0.610. The summed E-state index contributed by atoms with van der Waals surface area (Å²) in [6, 6.07) is 0. The molecule has 0 radical (unpaired) electrons. The van der Waals surface area contributed by atoms with Crippen LogP contribution >= 0.6 is 0 Å². The van der Waals surface area contributed by atoms with Gasteiger partial charge in [-0.2, -0.15) is 0 Å². The molecule has 0 unspecified atom stereocenters. The van der Waals surface area contributed by atoms with E-state index in [0.29, 0.717) is 19.4 Å². The van der Waals surface area contributed by atoms with Crippen molar-refractivity contribution in [3.05, 3.63) is 0 Å². The van der Waals surface area contributed by atoms with E-state index >= 15 is 0 Å². The molecule has 0 spiro atoms. The van der Waals surface area contributed by atoms with Gasteiger partial charge in [0.15, 0.2) is 0 Å². The summed E-state index contributed by atoms with van der Waals surface area (Å²) < 4.78 is 0. The van der Waals surface area contributed by atoms with Crippen LogP contribution in [0, 0.1) is 0 Å². The quantitative estimate of drug-likeness (QED) is 0.519. The predicted molar refractivity (Wildman–Crippen MR) is 66.3 cm³/mol. The lowest BCUT2D eigenvalue weighted by Gasteiger charge is -2.25. The van der Waals surface area contributed by atoms with Gasteiger partial charge in [-0.25, -0.2) is 0 Å². The fraction of sp³-hybridized carbons (Fsp3) is 0.917. The predicted octanol–water partition coefficient (Wildman–Crippen LogP) is 1.04. The SMILES string of the molecule is CCCCNC(=O)CNCC(O)(CC)CC. The molecule has 0 fully saturated rings. The second-order valence-electron chi connectivity index (χ2n) is 4.24. The summed E-state index contributed by atoms with van der Waals surface area (Å²) in [5, 5.41) is 15.8. The lowest BCUT2D eigenvalue weighted by Crippen LogP contribution is -2.43. The third-order valence-corrected chi connectivity index (χ3v) is 2.91. The maximum atomic E-state index is 11.3. The number of rotatable bonds is 9. The zero-order chi connectivity index (χ0) is 12.4. The molecule has 4 heteroatoms. The molecule has 16 heavy (non-hydrogen) atoms. The van der Waals surface area contributed by atoms with E-state index in [9.17, 15) is 9.90 Å². The minimum absolute atomic E-state index is 0.00278. The van der Waals surface area contributed by atoms with E-state index in [1.165, 1.54) is 0 Å². The topological polar surface area (TPSA) is 61.4 Å². The standard InChI is InChI=1S/C12H26N2O2/c1-4-7-8-14-11(15)9-13-10-12(16,5-2)6-3/h13,16H,4-10H2,1-3H3,(H,14,15). The molecule has 0 saturated heterocycles. The third-order valence-electron chi connectivity index (χ3n) is 2.91. The van der Waals surface area contributed by atoms with Crippen molar-refractivity contribution < 1.29 is 9.90 Å². The summed E-state index contributed by atoms with van der Waals surface area (Å²) in [4.78, 5) is 11.3. The van der Waals surface area contributed by atoms with Crippen molar-refractivity contribution in [3.63, 3.8) is 0 Å². The van der Waals surface area contributed by atoms with Gasteiger partial charge in [0.25, 0.3) is 0 Å². The van der Waals surface area contributed by atoms with Crippen molar-refractivity contribution in [1.82, 2.24) is 10.6 Å². The number of carbonyl (C=O) groups is 1. The van der Waals surface area contributed by atoms with Gasteiger partial charge in [-0.1, -0.05) is 27.2 Å². The van der Waals surface area contributed by atoms with Crippen LogP contribution in [0.3, 0.4) is 0 Å². The van der Waals surface area contributed by atoms with Crippen LogP contribution in [0.15, 0.2) is 0 Å². The Kier molecular flexibility index (Phi) is 8.21. The maximum Gasteiger partial charge on any atom is 0.233 e. The van der Waals surface area contributed by atoms with Gasteiger partial charge < -0.3 is 15.7 Å². The second-order valence-corrected chi connectivity index (χ2v) is 4.24. The molecule has 0 saturated carbocycles. The second kappa shape index (κ2) is 8.53. The Balaban J connectivity index is 3.60. The van der Waals surface area contributed by atoms with Crippen LogP contribution in [0.1, 0.15) is 46.5 Å². The van der Waals surface area contributed by atoms with Crippen LogP contribution in [-0.4, -0.2) is 36.2 Å². The molecular weight excluding hydrogens is 204 g/mol. The van der Waals surface area contributed by atoms with Crippen molar-refractivity contribution in [2.24, 2.45) is 0 Å². The van der Waals surface area contributed by atoms with Gasteiger partial charge >= 0.3 is 0 Å². The largest absolute Gasteiger partial charge is 0.389 e. The Labute approximate surface area is 98.8 Å². The molecule has 96 valence electrons.